The van der Waals surface area contributed by atoms with Crippen LogP contribution in [0.3, 0.4) is 0 Å². The van der Waals surface area contributed by atoms with Gasteiger partial charge in [-0.15, -0.1) is 0 Å². The molecule has 0 saturated carbocycles. The van der Waals surface area contributed by atoms with Gasteiger partial charge >= 0.3 is 5.97 Å². The summed E-state index contributed by atoms with van der Waals surface area (Å²) in [5.74, 6) is -4.18. The molecule has 5 nitrogen and oxygen atoms in total. The van der Waals surface area contributed by atoms with Gasteiger partial charge in [-0.3, -0.25) is 4.79 Å². The van der Waals surface area contributed by atoms with E-state index in [2.05, 4.69) is 0 Å². The number of aliphatic hydroxyl groups excluding tert-OH is 2. The van der Waals surface area contributed by atoms with Crippen LogP contribution in [-0.4, -0.2) is 38.3 Å². The number of rotatable bonds is 6. The molecule has 0 radical (unpaired) electrons. The first kappa shape index (κ1) is 17.5. The molecule has 0 amide bonds. The smallest absolute Gasteiger partial charge is 0.341 e. The van der Waals surface area contributed by atoms with Crippen LogP contribution in [0.15, 0.2) is 12.1 Å². The Morgan fingerprint density at radius 3 is 2.19 bits per heavy atom. The van der Waals surface area contributed by atoms with Gasteiger partial charge in [0.2, 0.25) is 0 Å². The van der Waals surface area contributed by atoms with E-state index in [0.717, 1.165) is 11.8 Å². The second-order valence-electron chi connectivity index (χ2n) is 4.31. The predicted molar refractivity (Wildman–Crippen MR) is 72.0 cm³/mol. The third kappa shape index (κ3) is 4.76. The summed E-state index contributed by atoms with van der Waals surface area (Å²) in [5, 5.41) is 28.0. The van der Waals surface area contributed by atoms with E-state index in [1.54, 1.807) is 0 Å². The molecule has 0 fully saturated rings. The highest BCUT2D eigenvalue weighted by molar-refractivity contribution is 8.13. The molecule has 0 aliphatic rings. The number of carboxylic acid groups (broad SMARTS) is 1. The number of aliphatic hydroxyl groups is 2. The SMILES string of the molecule is CC(=O)SCCC(O)C(O)c1cc(F)c(C(=O)O)c(F)c1. The maximum absolute atomic E-state index is 13.5. The molecule has 2 unspecified atom stereocenters. The van der Waals surface area contributed by atoms with E-state index >= 15 is 0 Å². The molecule has 1 aromatic rings. The number of carbonyl (C=O) groups excluding carboxylic acids is 1. The Labute approximate surface area is 123 Å². The maximum Gasteiger partial charge on any atom is 0.341 e. The number of carboxylic acids is 1. The van der Waals surface area contributed by atoms with E-state index in [4.69, 9.17) is 5.11 Å². The van der Waals surface area contributed by atoms with Gasteiger partial charge in [-0.05, 0) is 24.1 Å². The van der Waals surface area contributed by atoms with Crippen LogP contribution in [0.25, 0.3) is 0 Å². The molecule has 0 spiro atoms. The zero-order valence-corrected chi connectivity index (χ0v) is 11.9. The maximum atomic E-state index is 13.5. The Morgan fingerprint density at radius 2 is 1.76 bits per heavy atom. The van der Waals surface area contributed by atoms with Gasteiger partial charge in [-0.25, -0.2) is 13.6 Å². The highest BCUT2D eigenvalue weighted by atomic mass is 32.2. The van der Waals surface area contributed by atoms with Crippen molar-refractivity contribution in [3.63, 3.8) is 0 Å². The normalized spacial score (nSPS) is 13.8. The second kappa shape index (κ2) is 7.48. The van der Waals surface area contributed by atoms with Gasteiger partial charge in [0.1, 0.15) is 23.3 Å². The van der Waals surface area contributed by atoms with Gasteiger partial charge in [0.25, 0.3) is 0 Å². The number of thioether (sulfide) groups is 1. The number of hydrogen-bond acceptors (Lipinski definition) is 5. The largest absolute Gasteiger partial charge is 0.477 e. The second-order valence-corrected chi connectivity index (χ2v) is 5.58. The lowest BCUT2D eigenvalue weighted by Gasteiger charge is -2.18. The average molecular weight is 320 g/mol. The first-order valence-corrected chi connectivity index (χ1v) is 6.94. The van der Waals surface area contributed by atoms with Crippen LogP contribution in [0.1, 0.15) is 35.4 Å². The van der Waals surface area contributed by atoms with Crippen LogP contribution < -0.4 is 0 Å². The molecule has 21 heavy (non-hydrogen) atoms. The number of carbonyl (C=O) groups is 2. The summed E-state index contributed by atoms with van der Waals surface area (Å²) in [7, 11) is 0. The van der Waals surface area contributed by atoms with Crippen LogP contribution in [0.2, 0.25) is 0 Å². The first-order chi connectivity index (χ1) is 9.73. The Bertz CT molecular complexity index is 526. The molecule has 1 rings (SSSR count). The molecule has 116 valence electrons. The number of halogens is 2. The third-order valence-corrected chi connectivity index (χ3v) is 3.55. The Hall–Kier alpha value is -1.51. The van der Waals surface area contributed by atoms with Crippen molar-refractivity contribution in [3.8, 4) is 0 Å². The Morgan fingerprint density at radius 1 is 1.24 bits per heavy atom. The summed E-state index contributed by atoms with van der Waals surface area (Å²) in [5.41, 5.74) is -1.39. The minimum atomic E-state index is -1.76. The van der Waals surface area contributed by atoms with Gasteiger partial charge in [-0.1, -0.05) is 11.8 Å². The molecule has 3 N–H and O–H groups in total. The number of hydrogen-bond donors (Lipinski definition) is 3. The Balaban J connectivity index is 2.85. The molecule has 0 aliphatic heterocycles. The van der Waals surface area contributed by atoms with Crippen LogP contribution in [-0.2, 0) is 4.79 Å². The van der Waals surface area contributed by atoms with E-state index in [-0.39, 0.29) is 22.9 Å². The first-order valence-electron chi connectivity index (χ1n) is 5.95. The highest BCUT2D eigenvalue weighted by Crippen LogP contribution is 2.24. The third-order valence-electron chi connectivity index (χ3n) is 2.70. The van der Waals surface area contributed by atoms with Gasteiger partial charge in [-0.2, -0.15) is 0 Å². The van der Waals surface area contributed by atoms with E-state index in [1.807, 2.05) is 0 Å². The fraction of sp³-hybridized carbons (Fsp3) is 0.385. The molecule has 0 heterocycles. The van der Waals surface area contributed by atoms with Crippen molar-refractivity contribution < 1.29 is 33.7 Å². The summed E-state index contributed by atoms with van der Waals surface area (Å²) in [4.78, 5) is 21.4. The summed E-state index contributed by atoms with van der Waals surface area (Å²) in [6.45, 7) is 1.35. The minimum Gasteiger partial charge on any atom is -0.477 e. The van der Waals surface area contributed by atoms with Crippen LogP contribution in [0, 0.1) is 11.6 Å². The van der Waals surface area contributed by atoms with Gasteiger partial charge in [0.05, 0.1) is 6.10 Å². The number of benzene rings is 1. The Kier molecular flexibility index (Phi) is 6.25. The lowest BCUT2D eigenvalue weighted by atomic mass is 10.0. The van der Waals surface area contributed by atoms with Gasteiger partial charge in [0, 0.05) is 12.7 Å². The monoisotopic (exact) mass is 320 g/mol. The van der Waals surface area contributed by atoms with E-state index in [0.29, 0.717) is 12.1 Å². The predicted octanol–water partition coefficient (Wildman–Crippen LogP) is 1.73. The van der Waals surface area contributed by atoms with Crippen LogP contribution >= 0.6 is 11.8 Å². The van der Waals surface area contributed by atoms with E-state index in [1.165, 1.54) is 6.92 Å². The van der Waals surface area contributed by atoms with E-state index < -0.39 is 35.4 Å². The number of aromatic carboxylic acids is 1. The van der Waals surface area contributed by atoms with Crippen molar-refractivity contribution >= 4 is 22.8 Å². The molecule has 1 aromatic carbocycles. The van der Waals surface area contributed by atoms with Crippen LogP contribution in [0.5, 0.6) is 0 Å². The van der Waals surface area contributed by atoms with Crippen molar-refractivity contribution in [3.05, 3.63) is 34.9 Å². The van der Waals surface area contributed by atoms with E-state index in [9.17, 15) is 28.6 Å². The molecule has 8 heteroatoms. The van der Waals surface area contributed by atoms with Gasteiger partial charge < -0.3 is 15.3 Å². The van der Waals surface area contributed by atoms with Crippen molar-refractivity contribution in [2.45, 2.75) is 25.6 Å². The van der Waals surface area contributed by atoms with Gasteiger partial charge in [0.15, 0.2) is 5.12 Å². The van der Waals surface area contributed by atoms with Crippen molar-refractivity contribution in [2.75, 3.05) is 5.75 Å². The van der Waals surface area contributed by atoms with Crippen molar-refractivity contribution in [1.29, 1.82) is 0 Å². The van der Waals surface area contributed by atoms with Crippen LogP contribution in [0.4, 0.5) is 8.78 Å². The zero-order chi connectivity index (χ0) is 16.2. The summed E-state index contributed by atoms with van der Waals surface area (Å²) in [6, 6.07) is 1.33. The topological polar surface area (TPSA) is 94.8 Å². The van der Waals surface area contributed by atoms with Crippen molar-refractivity contribution in [2.24, 2.45) is 0 Å². The molecular formula is C13H14F2O5S. The molecule has 2 atom stereocenters. The fourth-order valence-electron chi connectivity index (χ4n) is 1.67. The average Bonchev–Trinajstić information content (AvgIpc) is 2.35. The molecule has 0 bridgehead atoms. The molecule has 0 saturated heterocycles. The molecule has 0 aromatic heterocycles. The van der Waals surface area contributed by atoms with Crippen molar-refractivity contribution in [1.82, 2.24) is 0 Å². The zero-order valence-electron chi connectivity index (χ0n) is 11.0. The quantitative estimate of drug-likeness (QED) is 0.739. The molecule has 0 aliphatic carbocycles. The standard InChI is InChI=1S/C13H14F2O5S/c1-6(16)21-3-2-10(17)12(18)7-4-8(14)11(13(19)20)9(15)5-7/h4-5,10,12,17-18H,2-3H2,1H3,(H,19,20). The summed E-state index contributed by atoms with van der Waals surface area (Å²) in [6.07, 6.45) is -2.87. The minimum absolute atomic E-state index is 0.0370. The highest BCUT2D eigenvalue weighted by Gasteiger charge is 2.24. The summed E-state index contributed by atoms with van der Waals surface area (Å²) >= 11 is 0.949. The molecular weight excluding hydrogens is 306 g/mol. The lowest BCUT2D eigenvalue weighted by molar-refractivity contribution is -0.109. The lowest BCUT2D eigenvalue weighted by Crippen LogP contribution is -2.20. The summed E-state index contributed by atoms with van der Waals surface area (Å²) < 4.78 is 27.0. The fourth-order valence-corrected chi connectivity index (χ4v) is 2.32.